The van der Waals surface area contributed by atoms with Gasteiger partial charge in [-0.25, -0.2) is 0 Å². The second kappa shape index (κ2) is 4.42. The highest BCUT2D eigenvalue weighted by atomic mass is 19.4. The highest BCUT2D eigenvalue weighted by Gasteiger charge is 2.31. The molecular weight excluding hydrogens is 225 g/mol. The maximum absolute atomic E-state index is 11.9. The van der Waals surface area contributed by atoms with Gasteiger partial charge in [-0.1, -0.05) is 6.07 Å². The summed E-state index contributed by atoms with van der Waals surface area (Å²) in [5.74, 6) is -1.51. The van der Waals surface area contributed by atoms with E-state index in [-0.39, 0.29) is 12.0 Å². The van der Waals surface area contributed by atoms with Crippen molar-refractivity contribution in [2.45, 2.75) is 19.7 Å². The van der Waals surface area contributed by atoms with E-state index in [0.717, 1.165) is 6.07 Å². The Hall–Kier alpha value is -1.72. The van der Waals surface area contributed by atoms with Crippen LogP contribution in [0.4, 0.5) is 13.2 Å². The van der Waals surface area contributed by atoms with Crippen molar-refractivity contribution in [1.82, 2.24) is 0 Å². The molecule has 0 aliphatic carbocycles. The van der Waals surface area contributed by atoms with Crippen LogP contribution in [0.3, 0.4) is 0 Å². The van der Waals surface area contributed by atoms with Crippen molar-refractivity contribution < 1.29 is 27.8 Å². The van der Waals surface area contributed by atoms with E-state index >= 15 is 0 Å². The minimum Gasteiger partial charge on any atom is -0.481 e. The summed E-state index contributed by atoms with van der Waals surface area (Å²) in [5.41, 5.74) is 0.782. The summed E-state index contributed by atoms with van der Waals surface area (Å²) >= 11 is 0. The van der Waals surface area contributed by atoms with Crippen LogP contribution in [-0.4, -0.2) is 17.4 Å². The Morgan fingerprint density at radius 1 is 1.38 bits per heavy atom. The van der Waals surface area contributed by atoms with Gasteiger partial charge >= 0.3 is 12.3 Å². The Morgan fingerprint density at radius 3 is 2.50 bits per heavy atom. The number of aryl methyl sites for hydroxylation is 1. The van der Waals surface area contributed by atoms with Gasteiger partial charge in [0.25, 0.3) is 0 Å². The maximum Gasteiger partial charge on any atom is 0.573 e. The van der Waals surface area contributed by atoms with E-state index in [4.69, 9.17) is 5.11 Å². The van der Waals surface area contributed by atoms with E-state index < -0.39 is 18.1 Å². The van der Waals surface area contributed by atoms with Gasteiger partial charge in [0.2, 0.25) is 0 Å². The monoisotopic (exact) mass is 234 g/mol. The van der Waals surface area contributed by atoms with Gasteiger partial charge in [0.05, 0.1) is 6.42 Å². The van der Waals surface area contributed by atoms with Crippen LogP contribution in [-0.2, 0) is 11.2 Å². The SMILES string of the molecule is Cc1cc(CC(=O)O)cc(OC(F)(F)F)c1. The highest BCUT2D eigenvalue weighted by molar-refractivity contribution is 5.70. The number of hydrogen-bond acceptors (Lipinski definition) is 2. The third-order valence-electron chi connectivity index (χ3n) is 1.70. The molecule has 1 N–H and O–H groups in total. The Kier molecular flexibility index (Phi) is 3.41. The predicted octanol–water partition coefficient (Wildman–Crippen LogP) is 2.52. The molecule has 0 saturated heterocycles. The molecule has 0 unspecified atom stereocenters. The molecule has 16 heavy (non-hydrogen) atoms. The molecule has 1 aromatic carbocycles. The average molecular weight is 234 g/mol. The minimum atomic E-state index is -4.77. The summed E-state index contributed by atoms with van der Waals surface area (Å²) in [6, 6.07) is 3.75. The number of hydrogen-bond donors (Lipinski definition) is 1. The van der Waals surface area contributed by atoms with Crippen LogP contribution in [0.1, 0.15) is 11.1 Å². The van der Waals surface area contributed by atoms with Crippen LogP contribution < -0.4 is 4.74 Å². The molecule has 6 heteroatoms. The topological polar surface area (TPSA) is 46.5 Å². The Balaban J connectivity index is 2.94. The van der Waals surface area contributed by atoms with Crippen LogP contribution in [0.2, 0.25) is 0 Å². The second-order valence-corrected chi connectivity index (χ2v) is 3.27. The summed E-state index contributed by atoms with van der Waals surface area (Å²) in [5, 5.41) is 8.52. The van der Waals surface area contributed by atoms with Gasteiger partial charge in [-0.2, -0.15) is 0 Å². The number of carbonyl (C=O) groups is 1. The van der Waals surface area contributed by atoms with Crippen molar-refractivity contribution in [3.8, 4) is 5.75 Å². The first-order valence-corrected chi connectivity index (χ1v) is 4.34. The van der Waals surface area contributed by atoms with Crippen LogP contribution in [0.5, 0.6) is 5.75 Å². The smallest absolute Gasteiger partial charge is 0.481 e. The Labute approximate surface area is 89.5 Å². The number of alkyl halides is 3. The number of aliphatic carboxylic acids is 1. The molecule has 0 aliphatic heterocycles. The standard InChI is InChI=1S/C10H9F3O3/c1-6-2-7(5-9(14)15)4-8(3-6)16-10(11,12)13/h2-4H,5H2,1H3,(H,14,15). The van der Waals surface area contributed by atoms with Gasteiger partial charge in [-0.15, -0.1) is 13.2 Å². The number of carboxylic acid groups (broad SMARTS) is 1. The van der Waals surface area contributed by atoms with E-state index in [9.17, 15) is 18.0 Å². The summed E-state index contributed by atoms with van der Waals surface area (Å²) in [7, 11) is 0. The first kappa shape index (κ1) is 12.4. The first-order chi connectivity index (χ1) is 7.26. The quantitative estimate of drug-likeness (QED) is 0.874. The molecule has 0 heterocycles. The third kappa shape index (κ3) is 4.20. The van der Waals surface area contributed by atoms with Crippen LogP contribution in [0.25, 0.3) is 0 Å². The van der Waals surface area contributed by atoms with Gasteiger partial charge in [-0.05, 0) is 30.2 Å². The highest BCUT2D eigenvalue weighted by Crippen LogP contribution is 2.25. The van der Waals surface area contributed by atoms with Crippen LogP contribution in [0.15, 0.2) is 18.2 Å². The van der Waals surface area contributed by atoms with Crippen molar-refractivity contribution in [2.75, 3.05) is 0 Å². The van der Waals surface area contributed by atoms with E-state index in [1.54, 1.807) is 6.92 Å². The summed E-state index contributed by atoms with van der Waals surface area (Å²) in [6.45, 7) is 1.56. The number of halogens is 3. The zero-order chi connectivity index (χ0) is 12.3. The molecule has 1 rings (SSSR count). The molecule has 0 spiro atoms. The molecule has 0 atom stereocenters. The summed E-state index contributed by atoms with van der Waals surface area (Å²) < 4.78 is 39.5. The molecule has 88 valence electrons. The van der Waals surface area contributed by atoms with Crippen molar-refractivity contribution >= 4 is 5.97 Å². The van der Waals surface area contributed by atoms with Gasteiger partial charge in [0.1, 0.15) is 5.75 Å². The molecule has 0 saturated carbocycles. The fraction of sp³-hybridized carbons (Fsp3) is 0.300. The lowest BCUT2D eigenvalue weighted by molar-refractivity contribution is -0.274. The van der Waals surface area contributed by atoms with Crippen LogP contribution in [0, 0.1) is 6.92 Å². The largest absolute Gasteiger partial charge is 0.573 e. The molecule has 0 amide bonds. The molecule has 0 radical (unpaired) electrons. The average Bonchev–Trinajstić information content (AvgIpc) is 1.96. The third-order valence-corrected chi connectivity index (χ3v) is 1.70. The number of carboxylic acids is 1. The van der Waals surface area contributed by atoms with Crippen LogP contribution >= 0.6 is 0 Å². The predicted molar refractivity (Wildman–Crippen MR) is 49.2 cm³/mol. The molecule has 0 aliphatic rings. The lowest BCUT2D eigenvalue weighted by atomic mass is 10.1. The van der Waals surface area contributed by atoms with Crippen molar-refractivity contribution in [1.29, 1.82) is 0 Å². The van der Waals surface area contributed by atoms with E-state index in [1.807, 2.05) is 0 Å². The van der Waals surface area contributed by atoms with Gasteiger partial charge in [-0.3, -0.25) is 4.79 Å². The zero-order valence-corrected chi connectivity index (χ0v) is 8.34. The lowest BCUT2D eigenvalue weighted by Gasteiger charge is -2.10. The van der Waals surface area contributed by atoms with E-state index in [2.05, 4.69) is 4.74 Å². The van der Waals surface area contributed by atoms with E-state index in [1.165, 1.54) is 12.1 Å². The summed E-state index contributed by atoms with van der Waals surface area (Å²) in [6.07, 6.45) is -5.11. The Bertz CT molecular complexity index is 399. The molecule has 1 aromatic rings. The minimum absolute atomic E-state index is 0.270. The summed E-state index contributed by atoms with van der Waals surface area (Å²) in [4.78, 5) is 10.4. The maximum atomic E-state index is 11.9. The number of benzene rings is 1. The molecule has 0 aromatic heterocycles. The number of rotatable bonds is 3. The molecular formula is C10H9F3O3. The first-order valence-electron chi connectivity index (χ1n) is 4.34. The van der Waals surface area contributed by atoms with Gasteiger partial charge in [0, 0.05) is 0 Å². The molecule has 3 nitrogen and oxygen atoms in total. The fourth-order valence-corrected chi connectivity index (χ4v) is 1.29. The van der Waals surface area contributed by atoms with Crippen molar-refractivity contribution in [2.24, 2.45) is 0 Å². The van der Waals surface area contributed by atoms with Crippen molar-refractivity contribution in [3.05, 3.63) is 29.3 Å². The molecule has 0 bridgehead atoms. The number of ether oxygens (including phenoxy) is 1. The lowest BCUT2D eigenvalue weighted by Crippen LogP contribution is -2.17. The van der Waals surface area contributed by atoms with Gasteiger partial charge in [0.15, 0.2) is 0 Å². The zero-order valence-electron chi connectivity index (χ0n) is 8.34. The second-order valence-electron chi connectivity index (χ2n) is 3.27. The van der Waals surface area contributed by atoms with Gasteiger partial charge < -0.3 is 9.84 Å². The fourth-order valence-electron chi connectivity index (χ4n) is 1.29. The molecule has 0 fully saturated rings. The van der Waals surface area contributed by atoms with Crippen molar-refractivity contribution in [3.63, 3.8) is 0 Å². The van der Waals surface area contributed by atoms with E-state index in [0.29, 0.717) is 5.56 Å². The Morgan fingerprint density at radius 2 is 2.00 bits per heavy atom. The normalized spacial score (nSPS) is 11.2.